The maximum atomic E-state index is 11.7. The fraction of sp³-hybridized carbons (Fsp3) is 0.400. The molecule has 1 rings (SSSR count). The van der Waals surface area contributed by atoms with Gasteiger partial charge in [-0.3, -0.25) is 4.79 Å². The Bertz CT molecular complexity index is 401. The van der Waals surface area contributed by atoms with Crippen LogP contribution in [0.2, 0.25) is 0 Å². The lowest BCUT2D eigenvalue weighted by molar-refractivity contribution is -0.112. The van der Waals surface area contributed by atoms with Crippen molar-refractivity contribution in [3.8, 4) is 0 Å². The van der Waals surface area contributed by atoms with Crippen LogP contribution in [0.4, 0.5) is 5.69 Å². The third kappa shape index (κ3) is 4.06. The highest BCUT2D eigenvalue weighted by molar-refractivity contribution is 6.03. The SMILES string of the molecule is CC/C=C(/C)C(=O)Nc1ccc(C(C)C)cc1. The number of benzene rings is 1. The van der Waals surface area contributed by atoms with E-state index in [0.717, 1.165) is 17.7 Å². The first-order valence-electron chi connectivity index (χ1n) is 6.12. The lowest BCUT2D eigenvalue weighted by Crippen LogP contribution is -2.12. The van der Waals surface area contributed by atoms with E-state index in [1.807, 2.05) is 32.1 Å². The van der Waals surface area contributed by atoms with E-state index in [9.17, 15) is 4.79 Å². The summed E-state index contributed by atoms with van der Waals surface area (Å²) in [5.41, 5.74) is 2.90. The largest absolute Gasteiger partial charge is 0.322 e. The standard InChI is InChI=1S/C15H21NO/c1-5-6-12(4)15(17)16-14-9-7-13(8-10-14)11(2)3/h6-11H,5H2,1-4H3,(H,16,17)/b12-6-. The van der Waals surface area contributed by atoms with Gasteiger partial charge in [-0.05, 0) is 37.0 Å². The second-order valence-electron chi connectivity index (χ2n) is 4.53. The molecule has 0 saturated heterocycles. The molecule has 0 heterocycles. The Hall–Kier alpha value is -1.57. The van der Waals surface area contributed by atoms with Gasteiger partial charge in [-0.1, -0.05) is 39.0 Å². The number of nitrogens with one attached hydrogen (secondary N) is 1. The molecule has 1 amide bonds. The van der Waals surface area contributed by atoms with Crippen LogP contribution in [0, 0.1) is 0 Å². The van der Waals surface area contributed by atoms with Crippen LogP contribution >= 0.6 is 0 Å². The van der Waals surface area contributed by atoms with E-state index in [0.29, 0.717) is 5.92 Å². The molecule has 0 aliphatic carbocycles. The average molecular weight is 231 g/mol. The fourth-order valence-corrected chi connectivity index (χ4v) is 1.58. The van der Waals surface area contributed by atoms with Crippen LogP contribution in [0.5, 0.6) is 0 Å². The summed E-state index contributed by atoms with van der Waals surface area (Å²) in [6, 6.07) is 8.01. The molecule has 0 aliphatic heterocycles. The van der Waals surface area contributed by atoms with Crippen LogP contribution in [0.1, 0.15) is 45.6 Å². The lowest BCUT2D eigenvalue weighted by atomic mass is 10.0. The Kier molecular flexibility index (Phi) is 4.95. The molecule has 92 valence electrons. The van der Waals surface area contributed by atoms with Crippen molar-refractivity contribution in [2.24, 2.45) is 0 Å². The number of allylic oxidation sites excluding steroid dienone is 1. The molecule has 2 heteroatoms. The minimum Gasteiger partial charge on any atom is -0.322 e. The van der Waals surface area contributed by atoms with Gasteiger partial charge in [-0.2, -0.15) is 0 Å². The summed E-state index contributed by atoms with van der Waals surface area (Å²) in [4.78, 5) is 11.7. The zero-order chi connectivity index (χ0) is 12.8. The van der Waals surface area contributed by atoms with Crippen LogP contribution in [-0.4, -0.2) is 5.91 Å². The number of amides is 1. The molecule has 0 radical (unpaired) electrons. The summed E-state index contributed by atoms with van der Waals surface area (Å²) in [5, 5.41) is 2.89. The maximum Gasteiger partial charge on any atom is 0.250 e. The fourth-order valence-electron chi connectivity index (χ4n) is 1.58. The van der Waals surface area contributed by atoms with Crippen molar-refractivity contribution in [1.29, 1.82) is 0 Å². The summed E-state index contributed by atoms with van der Waals surface area (Å²) in [6.45, 7) is 8.17. The number of carbonyl (C=O) groups is 1. The minimum absolute atomic E-state index is 0.0239. The first kappa shape index (κ1) is 13.5. The van der Waals surface area contributed by atoms with E-state index in [1.165, 1.54) is 5.56 Å². The molecule has 0 saturated carbocycles. The molecule has 17 heavy (non-hydrogen) atoms. The summed E-state index contributed by atoms with van der Waals surface area (Å²) in [6.07, 6.45) is 2.81. The van der Waals surface area contributed by atoms with Crippen LogP contribution in [0.15, 0.2) is 35.9 Å². The van der Waals surface area contributed by atoms with E-state index >= 15 is 0 Å². The highest BCUT2D eigenvalue weighted by Crippen LogP contribution is 2.17. The summed E-state index contributed by atoms with van der Waals surface area (Å²) in [7, 11) is 0. The number of hydrogen-bond donors (Lipinski definition) is 1. The Labute approximate surface area is 104 Å². The second-order valence-corrected chi connectivity index (χ2v) is 4.53. The van der Waals surface area contributed by atoms with E-state index in [4.69, 9.17) is 0 Å². The van der Waals surface area contributed by atoms with Gasteiger partial charge >= 0.3 is 0 Å². The minimum atomic E-state index is -0.0239. The second kappa shape index (κ2) is 6.24. The van der Waals surface area contributed by atoms with Crippen molar-refractivity contribution in [1.82, 2.24) is 0 Å². The zero-order valence-electron chi connectivity index (χ0n) is 11.1. The Morgan fingerprint density at radius 2 is 1.88 bits per heavy atom. The Morgan fingerprint density at radius 3 is 2.35 bits per heavy atom. The maximum absolute atomic E-state index is 11.7. The number of hydrogen-bond acceptors (Lipinski definition) is 1. The van der Waals surface area contributed by atoms with E-state index in [1.54, 1.807) is 0 Å². The van der Waals surface area contributed by atoms with Gasteiger partial charge in [-0.15, -0.1) is 0 Å². The van der Waals surface area contributed by atoms with Crippen molar-refractivity contribution >= 4 is 11.6 Å². The van der Waals surface area contributed by atoms with Crippen LogP contribution in [0.3, 0.4) is 0 Å². The van der Waals surface area contributed by atoms with Gasteiger partial charge in [0.15, 0.2) is 0 Å². The first-order valence-corrected chi connectivity index (χ1v) is 6.12. The van der Waals surface area contributed by atoms with Crippen LogP contribution < -0.4 is 5.32 Å². The monoisotopic (exact) mass is 231 g/mol. The molecular weight excluding hydrogens is 210 g/mol. The molecule has 1 aromatic carbocycles. The third-order valence-corrected chi connectivity index (χ3v) is 2.70. The highest BCUT2D eigenvalue weighted by atomic mass is 16.1. The van der Waals surface area contributed by atoms with Crippen molar-refractivity contribution < 1.29 is 4.79 Å². The summed E-state index contributed by atoms with van der Waals surface area (Å²) >= 11 is 0. The first-order chi connectivity index (χ1) is 8.04. The van der Waals surface area contributed by atoms with Crippen LogP contribution in [0.25, 0.3) is 0 Å². The van der Waals surface area contributed by atoms with Crippen LogP contribution in [-0.2, 0) is 4.79 Å². The van der Waals surface area contributed by atoms with Gasteiger partial charge in [0.25, 0.3) is 5.91 Å². The quantitative estimate of drug-likeness (QED) is 0.776. The number of carbonyl (C=O) groups excluding carboxylic acids is 1. The van der Waals surface area contributed by atoms with Crippen molar-refractivity contribution in [3.05, 3.63) is 41.5 Å². The van der Waals surface area contributed by atoms with Gasteiger partial charge in [0, 0.05) is 11.3 Å². The molecule has 0 atom stereocenters. The molecule has 0 bridgehead atoms. The Balaban J connectivity index is 2.70. The molecule has 0 spiro atoms. The summed E-state index contributed by atoms with van der Waals surface area (Å²) in [5.74, 6) is 0.491. The number of rotatable bonds is 4. The predicted molar refractivity (Wildman–Crippen MR) is 73.2 cm³/mol. The molecule has 0 unspecified atom stereocenters. The summed E-state index contributed by atoms with van der Waals surface area (Å²) < 4.78 is 0. The van der Waals surface area contributed by atoms with Gasteiger partial charge in [0.05, 0.1) is 0 Å². The third-order valence-electron chi connectivity index (χ3n) is 2.70. The van der Waals surface area contributed by atoms with E-state index < -0.39 is 0 Å². The molecule has 0 fully saturated rings. The smallest absolute Gasteiger partial charge is 0.250 e. The van der Waals surface area contributed by atoms with Gasteiger partial charge in [0.1, 0.15) is 0 Å². The molecule has 0 aromatic heterocycles. The zero-order valence-corrected chi connectivity index (χ0v) is 11.1. The lowest BCUT2D eigenvalue weighted by Gasteiger charge is -2.08. The Morgan fingerprint density at radius 1 is 1.29 bits per heavy atom. The topological polar surface area (TPSA) is 29.1 Å². The van der Waals surface area contributed by atoms with Gasteiger partial charge in [-0.25, -0.2) is 0 Å². The van der Waals surface area contributed by atoms with E-state index in [2.05, 4.69) is 31.3 Å². The highest BCUT2D eigenvalue weighted by Gasteiger charge is 2.04. The van der Waals surface area contributed by atoms with Crippen molar-refractivity contribution in [2.75, 3.05) is 5.32 Å². The predicted octanol–water partition coefficient (Wildman–Crippen LogP) is 4.10. The molecule has 2 nitrogen and oxygen atoms in total. The normalized spacial score (nSPS) is 11.7. The molecule has 0 aliphatic rings. The molecule has 1 aromatic rings. The number of anilines is 1. The molecule has 1 N–H and O–H groups in total. The van der Waals surface area contributed by atoms with Crippen molar-refractivity contribution in [3.63, 3.8) is 0 Å². The van der Waals surface area contributed by atoms with Crippen molar-refractivity contribution in [2.45, 2.75) is 40.0 Å². The molecular formula is C15H21NO. The van der Waals surface area contributed by atoms with Gasteiger partial charge in [0.2, 0.25) is 0 Å². The van der Waals surface area contributed by atoms with Gasteiger partial charge < -0.3 is 5.32 Å². The average Bonchev–Trinajstić information content (AvgIpc) is 2.30. The van der Waals surface area contributed by atoms with E-state index in [-0.39, 0.29) is 5.91 Å².